The van der Waals surface area contributed by atoms with Crippen LogP contribution in [-0.2, 0) is 21.0 Å². The predicted molar refractivity (Wildman–Crippen MR) is 120 cm³/mol. The molecule has 0 bridgehead atoms. The highest BCUT2D eigenvalue weighted by atomic mass is 32.2. The number of nitrogens with zero attached hydrogens (tertiary/aromatic N) is 3. The highest BCUT2D eigenvalue weighted by Gasteiger charge is 2.21. The van der Waals surface area contributed by atoms with Gasteiger partial charge in [-0.2, -0.15) is 5.10 Å². The van der Waals surface area contributed by atoms with Crippen LogP contribution in [0.25, 0.3) is 16.5 Å². The topological polar surface area (TPSA) is 64.8 Å². The first-order chi connectivity index (χ1) is 14.1. The summed E-state index contributed by atoms with van der Waals surface area (Å²) in [6.07, 6.45) is 3.52. The van der Waals surface area contributed by atoms with Crippen LogP contribution in [-0.4, -0.2) is 23.2 Å². The van der Waals surface area contributed by atoms with Crippen LogP contribution in [0.4, 0.5) is 0 Å². The SMILES string of the molecule is Cc1cc(CS(=O)(=O)c2ccc(C(C)(C)C)cc2)n(-c2cncc3ccccc23)n1. The number of aryl methyl sites for hydroxylation is 1. The Morgan fingerprint density at radius 2 is 1.67 bits per heavy atom. The zero-order valence-corrected chi connectivity index (χ0v) is 18.4. The smallest absolute Gasteiger partial charge is 0.184 e. The van der Waals surface area contributed by atoms with E-state index in [4.69, 9.17) is 0 Å². The second-order valence-electron chi connectivity index (χ2n) is 8.60. The summed E-state index contributed by atoms with van der Waals surface area (Å²) in [7, 11) is -3.53. The van der Waals surface area contributed by atoms with Gasteiger partial charge in [-0.25, -0.2) is 13.1 Å². The molecular formula is C24H25N3O2S. The lowest BCUT2D eigenvalue weighted by Gasteiger charge is -2.19. The molecule has 0 amide bonds. The number of benzene rings is 2. The summed E-state index contributed by atoms with van der Waals surface area (Å²) in [5.74, 6) is -0.133. The molecule has 0 aliphatic heterocycles. The van der Waals surface area contributed by atoms with Gasteiger partial charge in [0.05, 0.1) is 33.9 Å². The Kier molecular flexibility index (Phi) is 4.98. The van der Waals surface area contributed by atoms with Crippen LogP contribution in [0.3, 0.4) is 0 Å². The van der Waals surface area contributed by atoms with Crippen molar-refractivity contribution in [3.05, 3.63) is 83.9 Å². The first-order valence-corrected chi connectivity index (χ1v) is 11.5. The Hall–Kier alpha value is -2.99. The number of hydrogen-bond donors (Lipinski definition) is 0. The molecule has 0 N–H and O–H groups in total. The molecule has 0 atom stereocenters. The Morgan fingerprint density at radius 3 is 2.37 bits per heavy atom. The molecule has 154 valence electrons. The summed E-state index contributed by atoms with van der Waals surface area (Å²) < 4.78 is 28.0. The first kappa shape index (κ1) is 20.3. The van der Waals surface area contributed by atoms with E-state index in [1.54, 1.807) is 29.2 Å². The molecule has 0 saturated heterocycles. The van der Waals surface area contributed by atoms with Crippen LogP contribution in [0.15, 0.2) is 71.9 Å². The third-order valence-electron chi connectivity index (χ3n) is 5.20. The molecule has 2 heterocycles. The number of rotatable bonds is 4. The molecule has 4 aromatic rings. The molecule has 0 unspecified atom stereocenters. The van der Waals surface area contributed by atoms with Crippen molar-refractivity contribution in [1.82, 2.24) is 14.8 Å². The minimum atomic E-state index is -3.53. The van der Waals surface area contributed by atoms with E-state index in [1.165, 1.54) is 0 Å². The maximum atomic E-state index is 13.2. The third kappa shape index (κ3) is 3.87. The molecule has 30 heavy (non-hydrogen) atoms. The summed E-state index contributed by atoms with van der Waals surface area (Å²) in [6, 6.07) is 16.9. The fraction of sp³-hybridized carbons (Fsp3) is 0.250. The van der Waals surface area contributed by atoms with Crippen LogP contribution in [0.1, 0.15) is 37.7 Å². The number of sulfone groups is 1. The molecule has 0 saturated carbocycles. The fourth-order valence-corrected chi connectivity index (χ4v) is 4.89. The second kappa shape index (κ2) is 7.36. The predicted octanol–water partition coefficient (Wildman–Crippen LogP) is 5.00. The van der Waals surface area contributed by atoms with E-state index >= 15 is 0 Å². The average Bonchev–Trinajstić information content (AvgIpc) is 3.06. The molecular weight excluding hydrogens is 394 g/mol. The van der Waals surface area contributed by atoms with Crippen molar-refractivity contribution in [2.45, 2.75) is 43.8 Å². The largest absolute Gasteiger partial charge is 0.262 e. The average molecular weight is 420 g/mol. The van der Waals surface area contributed by atoms with Gasteiger partial charge in [0.25, 0.3) is 0 Å². The molecule has 5 nitrogen and oxygen atoms in total. The van der Waals surface area contributed by atoms with Gasteiger partial charge in [-0.15, -0.1) is 0 Å². The lowest BCUT2D eigenvalue weighted by atomic mass is 9.87. The number of fused-ring (bicyclic) bond motifs is 1. The summed E-state index contributed by atoms with van der Waals surface area (Å²) in [5.41, 5.74) is 3.22. The van der Waals surface area contributed by atoms with E-state index in [1.807, 2.05) is 49.4 Å². The van der Waals surface area contributed by atoms with Crippen molar-refractivity contribution in [1.29, 1.82) is 0 Å². The normalized spacial score (nSPS) is 12.4. The molecule has 0 fully saturated rings. The van der Waals surface area contributed by atoms with E-state index in [-0.39, 0.29) is 11.2 Å². The van der Waals surface area contributed by atoms with Crippen molar-refractivity contribution in [2.24, 2.45) is 0 Å². The van der Waals surface area contributed by atoms with Crippen LogP contribution in [0.2, 0.25) is 0 Å². The van der Waals surface area contributed by atoms with Gasteiger partial charge in [0.1, 0.15) is 0 Å². The molecule has 4 rings (SSSR count). The monoisotopic (exact) mass is 419 g/mol. The van der Waals surface area contributed by atoms with Gasteiger partial charge in [0.15, 0.2) is 9.84 Å². The summed E-state index contributed by atoms with van der Waals surface area (Å²) in [4.78, 5) is 4.63. The zero-order valence-electron chi connectivity index (χ0n) is 17.6. The van der Waals surface area contributed by atoms with E-state index < -0.39 is 9.84 Å². The molecule has 0 aliphatic rings. The van der Waals surface area contributed by atoms with Gasteiger partial charge in [0, 0.05) is 17.0 Å². The molecule has 6 heteroatoms. The highest BCUT2D eigenvalue weighted by Crippen LogP contribution is 2.27. The van der Waals surface area contributed by atoms with Crippen LogP contribution < -0.4 is 0 Å². The minimum Gasteiger partial charge on any atom is -0.262 e. The van der Waals surface area contributed by atoms with Gasteiger partial charge < -0.3 is 0 Å². The quantitative estimate of drug-likeness (QED) is 0.467. The van der Waals surface area contributed by atoms with E-state index in [0.717, 1.165) is 27.7 Å². The Labute approximate surface area is 177 Å². The van der Waals surface area contributed by atoms with Crippen LogP contribution >= 0.6 is 0 Å². The summed E-state index contributed by atoms with van der Waals surface area (Å²) in [5, 5.41) is 6.52. The fourth-order valence-electron chi connectivity index (χ4n) is 3.57. The number of pyridine rings is 1. The van der Waals surface area contributed by atoms with Crippen molar-refractivity contribution >= 4 is 20.6 Å². The minimum absolute atomic E-state index is 0.0284. The molecule has 0 radical (unpaired) electrons. The Bertz CT molecular complexity index is 1310. The van der Waals surface area contributed by atoms with Gasteiger partial charge in [-0.3, -0.25) is 4.98 Å². The summed E-state index contributed by atoms with van der Waals surface area (Å²) >= 11 is 0. The molecule has 2 aromatic carbocycles. The van der Waals surface area contributed by atoms with Crippen molar-refractivity contribution in [3.8, 4) is 5.69 Å². The van der Waals surface area contributed by atoms with Gasteiger partial charge in [0.2, 0.25) is 0 Å². The van der Waals surface area contributed by atoms with E-state index in [9.17, 15) is 8.42 Å². The van der Waals surface area contributed by atoms with Crippen molar-refractivity contribution in [2.75, 3.05) is 0 Å². The van der Waals surface area contributed by atoms with Crippen molar-refractivity contribution in [3.63, 3.8) is 0 Å². The maximum absolute atomic E-state index is 13.2. The van der Waals surface area contributed by atoms with E-state index in [2.05, 4.69) is 30.9 Å². The number of hydrogen-bond acceptors (Lipinski definition) is 4. The van der Waals surface area contributed by atoms with Crippen LogP contribution in [0, 0.1) is 6.92 Å². The van der Waals surface area contributed by atoms with Crippen molar-refractivity contribution < 1.29 is 8.42 Å². The van der Waals surface area contributed by atoms with E-state index in [0.29, 0.717) is 10.6 Å². The Balaban J connectivity index is 1.74. The number of aromatic nitrogens is 3. The molecule has 2 aromatic heterocycles. The molecule has 0 spiro atoms. The van der Waals surface area contributed by atoms with Gasteiger partial charge in [-0.1, -0.05) is 57.2 Å². The van der Waals surface area contributed by atoms with Gasteiger partial charge >= 0.3 is 0 Å². The molecule has 0 aliphatic carbocycles. The maximum Gasteiger partial charge on any atom is 0.184 e. The lowest BCUT2D eigenvalue weighted by molar-refractivity contribution is 0.585. The van der Waals surface area contributed by atoms with Gasteiger partial charge in [-0.05, 0) is 36.1 Å². The standard InChI is InChI=1S/C24H25N3O2S/c1-17-13-20(16-30(28,29)21-11-9-19(10-12-21)24(2,3)4)27(26-17)23-15-25-14-18-7-5-6-8-22(18)23/h5-15H,16H2,1-4H3. The third-order valence-corrected chi connectivity index (χ3v) is 6.86. The summed E-state index contributed by atoms with van der Waals surface area (Å²) in [6.45, 7) is 8.19. The highest BCUT2D eigenvalue weighted by molar-refractivity contribution is 7.90. The Morgan fingerprint density at radius 1 is 0.967 bits per heavy atom. The van der Waals surface area contributed by atoms with Crippen LogP contribution in [0.5, 0.6) is 0 Å². The second-order valence-corrected chi connectivity index (χ2v) is 10.6. The first-order valence-electron chi connectivity index (χ1n) is 9.87. The lowest BCUT2D eigenvalue weighted by Crippen LogP contribution is -2.13. The zero-order chi connectivity index (χ0) is 21.5.